The summed E-state index contributed by atoms with van der Waals surface area (Å²) in [4.78, 5) is 2.82. The quantitative estimate of drug-likeness (QED) is 0.256. The molecule has 0 saturated heterocycles. The minimum absolute atomic E-state index is 0.618. The van der Waals surface area contributed by atoms with Gasteiger partial charge in [0, 0.05) is 27.1 Å². The number of azide groups is 1. The van der Waals surface area contributed by atoms with Crippen molar-refractivity contribution in [2.24, 2.45) is 5.11 Å². The number of hydrogen-bond donors (Lipinski definition) is 0. The van der Waals surface area contributed by atoms with E-state index in [1.54, 1.807) is 0 Å². The zero-order valence-corrected chi connectivity index (χ0v) is 11.7. The van der Waals surface area contributed by atoms with Gasteiger partial charge in [0.1, 0.15) is 0 Å². The molecule has 0 N–H and O–H groups in total. The second-order valence-electron chi connectivity index (χ2n) is 5.08. The normalized spacial score (nSPS) is 10.7. The van der Waals surface area contributed by atoms with E-state index in [1.807, 2.05) is 36.4 Å². The van der Waals surface area contributed by atoms with Gasteiger partial charge < -0.3 is 4.57 Å². The zero-order valence-electron chi connectivity index (χ0n) is 11.7. The van der Waals surface area contributed by atoms with Gasteiger partial charge in [0.2, 0.25) is 0 Å². The number of fused-ring (bicyclic) bond motifs is 3. The minimum atomic E-state index is 0.618. The van der Waals surface area contributed by atoms with E-state index >= 15 is 0 Å². The summed E-state index contributed by atoms with van der Waals surface area (Å²) in [5.41, 5.74) is 12.5. The number of aromatic nitrogens is 1. The summed E-state index contributed by atoms with van der Waals surface area (Å²) in [5, 5.41) is 6.09. The van der Waals surface area contributed by atoms with Crippen molar-refractivity contribution in [3.8, 4) is 5.69 Å². The van der Waals surface area contributed by atoms with Gasteiger partial charge in [-0.1, -0.05) is 53.6 Å². The van der Waals surface area contributed by atoms with E-state index in [1.165, 1.54) is 21.8 Å². The first-order chi connectivity index (χ1) is 10.9. The van der Waals surface area contributed by atoms with Crippen molar-refractivity contribution < 1.29 is 0 Å². The molecule has 0 radical (unpaired) electrons. The summed E-state index contributed by atoms with van der Waals surface area (Å²) in [6.07, 6.45) is 0. The van der Waals surface area contributed by atoms with Crippen LogP contribution in [0.15, 0.2) is 77.9 Å². The van der Waals surface area contributed by atoms with Gasteiger partial charge in [-0.2, -0.15) is 0 Å². The molecule has 1 heterocycles. The second kappa shape index (κ2) is 4.95. The van der Waals surface area contributed by atoms with Gasteiger partial charge in [-0.3, -0.25) is 0 Å². The first-order valence-corrected chi connectivity index (χ1v) is 7.02. The molecular weight excluding hydrogens is 272 g/mol. The maximum atomic E-state index is 8.51. The van der Waals surface area contributed by atoms with Gasteiger partial charge in [-0.15, -0.1) is 0 Å². The van der Waals surface area contributed by atoms with Crippen molar-refractivity contribution in [2.45, 2.75) is 0 Å². The molecule has 0 aliphatic carbocycles. The SMILES string of the molecule is [N-]=[N+]=Nc1ccc(-n2c3ccccc3c3ccccc32)cc1. The van der Waals surface area contributed by atoms with Crippen LogP contribution in [0.1, 0.15) is 0 Å². The predicted molar refractivity (Wildman–Crippen MR) is 89.6 cm³/mol. The van der Waals surface area contributed by atoms with E-state index in [-0.39, 0.29) is 0 Å². The molecule has 0 atom stereocenters. The van der Waals surface area contributed by atoms with Crippen LogP contribution >= 0.6 is 0 Å². The number of rotatable bonds is 2. The first-order valence-electron chi connectivity index (χ1n) is 7.02. The Hall–Kier alpha value is -3.23. The highest BCUT2D eigenvalue weighted by Crippen LogP contribution is 2.32. The second-order valence-corrected chi connectivity index (χ2v) is 5.08. The fraction of sp³-hybridized carbons (Fsp3) is 0. The molecule has 0 bridgehead atoms. The van der Waals surface area contributed by atoms with Crippen LogP contribution in [0.25, 0.3) is 37.9 Å². The summed E-state index contributed by atoms with van der Waals surface area (Å²) < 4.78 is 2.23. The van der Waals surface area contributed by atoms with E-state index in [9.17, 15) is 0 Å². The number of para-hydroxylation sites is 2. The van der Waals surface area contributed by atoms with E-state index in [0.29, 0.717) is 5.69 Å². The molecule has 4 nitrogen and oxygen atoms in total. The van der Waals surface area contributed by atoms with Crippen LogP contribution in [0.4, 0.5) is 5.69 Å². The average molecular weight is 284 g/mol. The third-order valence-electron chi connectivity index (χ3n) is 3.85. The van der Waals surface area contributed by atoms with Gasteiger partial charge in [-0.25, -0.2) is 0 Å². The molecule has 0 unspecified atom stereocenters. The third-order valence-corrected chi connectivity index (χ3v) is 3.85. The fourth-order valence-electron chi connectivity index (χ4n) is 2.92. The highest BCUT2D eigenvalue weighted by atomic mass is 15.1. The molecule has 0 aliphatic heterocycles. The maximum Gasteiger partial charge on any atom is 0.0541 e. The number of benzene rings is 3. The topological polar surface area (TPSA) is 53.7 Å². The maximum absolute atomic E-state index is 8.51. The van der Waals surface area contributed by atoms with Gasteiger partial charge in [-0.05, 0) is 29.8 Å². The monoisotopic (exact) mass is 284 g/mol. The molecule has 4 aromatic rings. The van der Waals surface area contributed by atoms with Crippen molar-refractivity contribution in [1.29, 1.82) is 0 Å². The van der Waals surface area contributed by atoms with Crippen LogP contribution in [0.2, 0.25) is 0 Å². The van der Waals surface area contributed by atoms with Crippen LogP contribution < -0.4 is 0 Å². The van der Waals surface area contributed by atoms with Crippen molar-refractivity contribution >= 4 is 27.5 Å². The van der Waals surface area contributed by atoms with E-state index < -0.39 is 0 Å². The molecule has 1 aromatic heterocycles. The predicted octanol–water partition coefficient (Wildman–Crippen LogP) is 5.73. The average Bonchev–Trinajstić information content (AvgIpc) is 2.91. The molecule has 0 fully saturated rings. The molecule has 104 valence electrons. The summed E-state index contributed by atoms with van der Waals surface area (Å²) >= 11 is 0. The lowest BCUT2D eigenvalue weighted by molar-refractivity contribution is 1.18. The molecule has 4 rings (SSSR count). The zero-order chi connectivity index (χ0) is 14.9. The summed E-state index contributed by atoms with van der Waals surface area (Å²) in [5.74, 6) is 0. The summed E-state index contributed by atoms with van der Waals surface area (Å²) in [6.45, 7) is 0. The molecule has 3 aromatic carbocycles. The number of nitrogens with zero attached hydrogens (tertiary/aromatic N) is 4. The molecular formula is C18H12N4. The van der Waals surface area contributed by atoms with Gasteiger partial charge in [0.25, 0.3) is 0 Å². The Morgan fingerprint density at radius 3 is 1.82 bits per heavy atom. The van der Waals surface area contributed by atoms with Crippen LogP contribution in [0.3, 0.4) is 0 Å². The minimum Gasteiger partial charge on any atom is -0.309 e. The Balaban J connectivity index is 2.05. The first kappa shape index (κ1) is 12.5. The fourth-order valence-corrected chi connectivity index (χ4v) is 2.92. The smallest absolute Gasteiger partial charge is 0.0541 e. The Bertz CT molecular complexity index is 969. The summed E-state index contributed by atoms with van der Waals surface area (Å²) in [7, 11) is 0. The number of hydrogen-bond acceptors (Lipinski definition) is 1. The van der Waals surface area contributed by atoms with E-state index in [4.69, 9.17) is 5.53 Å². The van der Waals surface area contributed by atoms with E-state index in [0.717, 1.165) is 5.69 Å². The Morgan fingerprint density at radius 2 is 1.27 bits per heavy atom. The van der Waals surface area contributed by atoms with Gasteiger partial charge in [0.15, 0.2) is 0 Å². The third kappa shape index (κ3) is 1.83. The lowest BCUT2D eigenvalue weighted by Gasteiger charge is -2.07. The van der Waals surface area contributed by atoms with Crippen molar-refractivity contribution in [2.75, 3.05) is 0 Å². The standard InChI is InChI=1S/C18H12N4/c19-21-20-13-9-11-14(12-10-13)22-17-7-3-1-5-15(17)16-6-2-4-8-18(16)22/h1-12H. The lowest BCUT2D eigenvalue weighted by Crippen LogP contribution is -1.92. The molecule has 0 saturated carbocycles. The lowest BCUT2D eigenvalue weighted by atomic mass is 10.2. The Morgan fingerprint density at radius 1 is 0.727 bits per heavy atom. The largest absolute Gasteiger partial charge is 0.309 e. The molecule has 0 spiro atoms. The van der Waals surface area contributed by atoms with Gasteiger partial charge in [0.05, 0.1) is 11.0 Å². The highest BCUT2D eigenvalue weighted by Gasteiger charge is 2.10. The van der Waals surface area contributed by atoms with Crippen molar-refractivity contribution in [3.05, 3.63) is 83.2 Å². The van der Waals surface area contributed by atoms with Crippen LogP contribution in [-0.4, -0.2) is 4.57 Å². The van der Waals surface area contributed by atoms with Crippen molar-refractivity contribution in [1.82, 2.24) is 4.57 Å². The molecule has 4 heteroatoms. The summed E-state index contributed by atoms with van der Waals surface area (Å²) in [6, 6.07) is 24.4. The Kier molecular flexibility index (Phi) is 2.81. The van der Waals surface area contributed by atoms with Crippen molar-refractivity contribution in [3.63, 3.8) is 0 Å². The molecule has 0 aliphatic rings. The highest BCUT2D eigenvalue weighted by molar-refractivity contribution is 6.09. The van der Waals surface area contributed by atoms with Crippen LogP contribution in [0, 0.1) is 0 Å². The van der Waals surface area contributed by atoms with Crippen LogP contribution in [-0.2, 0) is 0 Å². The molecule has 22 heavy (non-hydrogen) atoms. The Labute approximate surface area is 126 Å². The molecule has 0 amide bonds. The van der Waals surface area contributed by atoms with Gasteiger partial charge >= 0.3 is 0 Å². The van der Waals surface area contributed by atoms with E-state index in [2.05, 4.69) is 51.0 Å². The van der Waals surface area contributed by atoms with Crippen LogP contribution in [0.5, 0.6) is 0 Å².